The lowest BCUT2D eigenvalue weighted by atomic mass is 10.1. The number of hydrazone groups is 1. The number of carbonyl (C=O) groups is 1. The van der Waals surface area contributed by atoms with Gasteiger partial charge in [-0.05, 0) is 71.1 Å². The topological polar surface area (TPSA) is 135 Å². The predicted octanol–water partition coefficient (Wildman–Crippen LogP) is 3.38. The van der Waals surface area contributed by atoms with E-state index in [9.17, 15) is 23.3 Å². The molecule has 10 nitrogen and oxygen atoms in total. The third kappa shape index (κ3) is 6.13. The molecule has 0 saturated carbocycles. The van der Waals surface area contributed by atoms with E-state index in [1.54, 1.807) is 48.5 Å². The van der Waals surface area contributed by atoms with Gasteiger partial charge in [0, 0.05) is 21.3 Å². The molecule has 1 heterocycles. The number of hydrogen-bond acceptors (Lipinski definition) is 7. The van der Waals surface area contributed by atoms with Crippen molar-refractivity contribution >= 4 is 56.1 Å². The van der Waals surface area contributed by atoms with Crippen LogP contribution >= 0.6 is 22.6 Å². The van der Waals surface area contributed by atoms with E-state index in [-0.39, 0.29) is 5.69 Å². The molecule has 3 rings (SSSR count). The molecule has 3 aromatic rings. The maximum atomic E-state index is 12.2. The Bertz CT molecular complexity index is 1250. The van der Waals surface area contributed by atoms with Gasteiger partial charge < -0.3 is 4.42 Å². The van der Waals surface area contributed by atoms with Crippen molar-refractivity contribution < 1.29 is 22.6 Å². The largest absolute Gasteiger partial charge is 0.455 e. The number of nitrogens with zero attached hydrogens (tertiary/aromatic N) is 3. The molecule has 0 bridgehead atoms. The van der Waals surface area contributed by atoms with Crippen LogP contribution in [0.3, 0.4) is 0 Å². The molecule has 0 unspecified atom stereocenters. The highest BCUT2D eigenvalue weighted by molar-refractivity contribution is 14.1. The summed E-state index contributed by atoms with van der Waals surface area (Å²) in [5.74, 6) is 0.165. The Morgan fingerprint density at radius 2 is 1.81 bits per heavy atom. The molecule has 0 atom stereocenters. The second-order valence-electron chi connectivity index (χ2n) is 6.55. The van der Waals surface area contributed by atoms with Gasteiger partial charge in [0.2, 0.25) is 10.0 Å². The molecular weight excluding hydrogens is 551 g/mol. The second-order valence-corrected chi connectivity index (χ2v) is 9.70. The van der Waals surface area contributed by atoms with Crippen LogP contribution in [0.15, 0.2) is 70.2 Å². The Labute approximate surface area is 197 Å². The number of halogens is 1. The minimum absolute atomic E-state index is 0.0295. The van der Waals surface area contributed by atoms with Gasteiger partial charge >= 0.3 is 0 Å². The van der Waals surface area contributed by atoms with Crippen molar-refractivity contribution in [3.63, 3.8) is 0 Å². The summed E-state index contributed by atoms with van der Waals surface area (Å²) >= 11 is 2.10. The van der Waals surface area contributed by atoms with Gasteiger partial charge in [-0.15, -0.1) is 0 Å². The lowest BCUT2D eigenvalue weighted by Crippen LogP contribution is -2.39. The highest BCUT2D eigenvalue weighted by atomic mass is 127. The summed E-state index contributed by atoms with van der Waals surface area (Å²) < 4.78 is 31.7. The molecule has 12 heteroatoms. The molecule has 0 spiro atoms. The highest BCUT2D eigenvalue weighted by Crippen LogP contribution is 2.24. The number of hydrogen-bond donors (Lipinski definition) is 1. The first-order chi connectivity index (χ1) is 15.1. The fraction of sp³-hybridized carbons (Fsp3) is 0.100. The Hall–Kier alpha value is -3.26. The molecule has 1 aromatic heterocycles. The van der Waals surface area contributed by atoms with Gasteiger partial charge in [-0.1, -0.05) is 0 Å². The zero-order chi connectivity index (χ0) is 23.3. The maximum Gasteiger partial charge on any atom is 0.269 e. The Morgan fingerprint density at radius 3 is 2.41 bits per heavy atom. The van der Waals surface area contributed by atoms with Gasteiger partial charge in [-0.3, -0.25) is 19.2 Å². The van der Waals surface area contributed by atoms with Gasteiger partial charge in [0.15, 0.2) is 0 Å². The molecule has 0 aliphatic carbocycles. The summed E-state index contributed by atoms with van der Waals surface area (Å²) in [7, 11) is -3.68. The molecule has 0 radical (unpaired) electrons. The standard InChI is InChI=1S/C20H17IN4O6S/c1-32(29,30)24(16-8-4-15(21)5-9-16)13-20(26)23-22-12-18-10-11-19(31-18)14-2-6-17(7-3-14)25(27)28/h2-12H,13H2,1H3,(H,23,26)/b22-12-. The van der Waals surface area contributed by atoms with Crippen molar-refractivity contribution in [2.45, 2.75) is 0 Å². The first kappa shape index (κ1) is 23.4. The van der Waals surface area contributed by atoms with E-state index in [1.165, 1.54) is 18.3 Å². The number of sulfonamides is 1. The minimum Gasteiger partial charge on any atom is -0.455 e. The normalized spacial score (nSPS) is 11.4. The van der Waals surface area contributed by atoms with Crippen LogP contribution in [0, 0.1) is 13.7 Å². The first-order valence-corrected chi connectivity index (χ1v) is 12.0. The van der Waals surface area contributed by atoms with Crippen molar-refractivity contribution in [3.05, 3.63) is 80.1 Å². The summed E-state index contributed by atoms with van der Waals surface area (Å²) in [4.78, 5) is 22.5. The quantitative estimate of drug-likeness (QED) is 0.192. The number of amides is 1. The molecule has 2 aromatic carbocycles. The van der Waals surface area contributed by atoms with Crippen LogP contribution in [0.2, 0.25) is 0 Å². The van der Waals surface area contributed by atoms with Crippen LogP contribution < -0.4 is 9.73 Å². The molecule has 166 valence electrons. The van der Waals surface area contributed by atoms with Crippen LogP contribution in [-0.2, 0) is 14.8 Å². The Kier molecular flexibility index (Phi) is 7.25. The highest BCUT2D eigenvalue weighted by Gasteiger charge is 2.20. The monoisotopic (exact) mass is 568 g/mol. The Balaban J connectivity index is 1.63. The summed E-state index contributed by atoms with van der Waals surface area (Å²) in [6.07, 6.45) is 2.28. The maximum absolute atomic E-state index is 12.2. The van der Waals surface area contributed by atoms with E-state index in [0.717, 1.165) is 14.1 Å². The number of nitrogens with one attached hydrogen (secondary N) is 1. The SMILES string of the molecule is CS(=O)(=O)N(CC(=O)N/N=C\c1ccc(-c2ccc([N+](=O)[O-])cc2)o1)c1ccc(I)cc1. The summed E-state index contributed by atoms with van der Waals surface area (Å²) in [6.45, 7) is -0.442. The van der Waals surface area contributed by atoms with Gasteiger partial charge in [0.25, 0.3) is 11.6 Å². The average molecular weight is 568 g/mol. The second kappa shape index (κ2) is 9.91. The van der Waals surface area contributed by atoms with Crippen LogP contribution in [0.5, 0.6) is 0 Å². The first-order valence-electron chi connectivity index (χ1n) is 9.03. The summed E-state index contributed by atoms with van der Waals surface area (Å²) in [5, 5.41) is 14.5. The molecular formula is C20H17IN4O6S. The number of carbonyl (C=O) groups excluding carboxylic acids is 1. The lowest BCUT2D eigenvalue weighted by molar-refractivity contribution is -0.384. The van der Waals surface area contributed by atoms with Crippen molar-refractivity contribution in [1.82, 2.24) is 5.43 Å². The molecule has 0 aliphatic rings. The molecule has 0 aliphatic heterocycles. The number of rotatable bonds is 8. The number of furan rings is 1. The summed E-state index contributed by atoms with van der Waals surface area (Å²) in [5.41, 5.74) is 3.25. The molecule has 32 heavy (non-hydrogen) atoms. The van der Waals surface area contributed by atoms with Crippen LogP contribution in [0.25, 0.3) is 11.3 Å². The van der Waals surface area contributed by atoms with E-state index in [0.29, 0.717) is 22.8 Å². The number of anilines is 1. The van der Waals surface area contributed by atoms with Crippen LogP contribution in [0.1, 0.15) is 5.76 Å². The predicted molar refractivity (Wildman–Crippen MR) is 128 cm³/mol. The average Bonchev–Trinajstić information content (AvgIpc) is 3.21. The lowest BCUT2D eigenvalue weighted by Gasteiger charge is -2.21. The van der Waals surface area contributed by atoms with Gasteiger partial charge in [-0.2, -0.15) is 5.10 Å². The van der Waals surface area contributed by atoms with Crippen molar-refractivity contribution in [2.75, 3.05) is 17.1 Å². The zero-order valence-electron chi connectivity index (χ0n) is 16.6. The molecule has 0 fully saturated rings. The third-order valence-electron chi connectivity index (χ3n) is 4.17. The molecule has 0 saturated heterocycles. The van der Waals surface area contributed by atoms with E-state index in [1.807, 2.05) is 0 Å². The fourth-order valence-corrected chi connectivity index (χ4v) is 3.88. The van der Waals surface area contributed by atoms with Crippen LogP contribution in [0.4, 0.5) is 11.4 Å². The zero-order valence-corrected chi connectivity index (χ0v) is 19.6. The van der Waals surface area contributed by atoms with E-state index in [4.69, 9.17) is 4.42 Å². The van der Waals surface area contributed by atoms with E-state index in [2.05, 4.69) is 33.1 Å². The van der Waals surface area contributed by atoms with E-state index >= 15 is 0 Å². The number of nitro benzene ring substituents is 1. The van der Waals surface area contributed by atoms with Gasteiger partial charge in [-0.25, -0.2) is 13.8 Å². The molecule has 1 amide bonds. The van der Waals surface area contributed by atoms with Crippen molar-refractivity contribution in [2.24, 2.45) is 5.10 Å². The van der Waals surface area contributed by atoms with Gasteiger partial charge in [0.05, 0.1) is 23.1 Å². The van der Waals surface area contributed by atoms with Crippen molar-refractivity contribution in [1.29, 1.82) is 0 Å². The minimum atomic E-state index is -3.68. The van der Waals surface area contributed by atoms with Gasteiger partial charge in [0.1, 0.15) is 18.1 Å². The smallest absolute Gasteiger partial charge is 0.269 e. The van der Waals surface area contributed by atoms with Crippen molar-refractivity contribution in [3.8, 4) is 11.3 Å². The molecule has 1 N–H and O–H groups in total. The number of benzene rings is 2. The summed E-state index contributed by atoms with van der Waals surface area (Å²) in [6, 6.07) is 15.8. The van der Waals surface area contributed by atoms with Crippen LogP contribution in [-0.4, -0.2) is 38.3 Å². The fourth-order valence-electron chi connectivity index (χ4n) is 2.67. The third-order valence-corrected chi connectivity index (χ3v) is 6.03. The van der Waals surface area contributed by atoms with E-state index < -0.39 is 27.4 Å². The Morgan fingerprint density at radius 1 is 1.16 bits per heavy atom. The number of nitro groups is 1. The number of non-ortho nitro benzene ring substituents is 1.